The van der Waals surface area contributed by atoms with Crippen molar-refractivity contribution in [3.8, 4) is 0 Å². The minimum Gasteiger partial charge on any atom is -0.388 e. The number of hydrogen-bond acceptors (Lipinski definition) is 3. The van der Waals surface area contributed by atoms with E-state index in [9.17, 15) is 13.5 Å². The van der Waals surface area contributed by atoms with Gasteiger partial charge in [-0.1, -0.05) is 23.8 Å². The molecule has 0 aromatic heterocycles. The van der Waals surface area contributed by atoms with E-state index in [1.807, 2.05) is 32.0 Å². The minimum atomic E-state index is -2.93. The molecule has 2 rings (SSSR count). The van der Waals surface area contributed by atoms with Gasteiger partial charge in [0.1, 0.15) is 0 Å². The predicted molar refractivity (Wildman–Crippen MR) is 67.6 cm³/mol. The van der Waals surface area contributed by atoms with Gasteiger partial charge in [-0.15, -0.1) is 0 Å². The van der Waals surface area contributed by atoms with Gasteiger partial charge in [-0.3, -0.25) is 0 Å². The van der Waals surface area contributed by atoms with Crippen molar-refractivity contribution in [1.82, 2.24) is 0 Å². The molecule has 0 bridgehead atoms. The smallest absolute Gasteiger partial charge is 0.150 e. The SMILES string of the molecule is Cc1ccc(C(O)C2CCS(=O)(=O)C2)c(C)c1. The van der Waals surface area contributed by atoms with Crippen molar-refractivity contribution in [2.75, 3.05) is 11.5 Å². The van der Waals surface area contributed by atoms with E-state index in [0.717, 1.165) is 16.7 Å². The monoisotopic (exact) mass is 254 g/mol. The topological polar surface area (TPSA) is 54.4 Å². The molecular weight excluding hydrogens is 236 g/mol. The first kappa shape index (κ1) is 12.6. The van der Waals surface area contributed by atoms with Crippen LogP contribution in [-0.4, -0.2) is 25.0 Å². The highest BCUT2D eigenvalue weighted by atomic mass is 32.2. The fraction of sp³-hybridized carbons (Fsp3) is 0.538. The van der Waals surface area contributed by atoms with Crippen LogP contribution in [-0.2, 0) is 9.84 Å². The van der Waals surface area contributed by atoms with Crippen LogP contribution in [0.5, 0.6) is 0 Å². The van der Waals surface area contributed by atoms with Crippen LogP contribution in [0.25, 0.3) is 0 Å². The van der Waals surface area contributed by atoms with Crippen molar-refractivity contribution < 1.29 is 13.5 Å². The minimum absolute atomic E-state index is 0.113. The molecule has 1 aromatic carbocycles. The Balaban J connectivity index is 2.23. The third-order valence-corrected chi connectivity index (χ3v) is 5.25. The van der Waals surface area contributed by atoms with Crippen LogP contribution in [0.3, 0.4) is 0 Å². The van der Waals surface area contributed by atoms with E-state index in [4.69, 9.17) is 0 Å². The lowest BCUT2D eigenvalue weighted by molar-refractivity contribution is 0.120. The van der Waals surface area contributed by atoms with Crippen LogP contribution in [0.2, 0.25) is 0 Å². The summed E-state index contributed by atoms with van der Waals surface area (Å²) in [5.41, 5.74) is 3.04. The largest absolute Gasteiger partial charge is 0.388 e. The van der Waals surface area contributed by atoms with Gasteiger partial charge >= 0.3 is 0 Å². The number of sulfone groups is 1. The van der Waals surface area contributed by atoms with Gasteiger partial charge in [0.05, 0.1) is 17.6 Å². The summed E-state index contributed by atoms with van der Waals surface area (Å²) in [7, 11) is -2.93. The van der Waals surface area contributed by atoms with Gasteiger partial charge in [-0.25, -0.2) is 8.42 Å². The second kappa shape index (κ2) is 4.42. The predicted octanol–water partition coefficient (Wildman–Crippen LogP) is 1.77. The molecule has 4 heteroatoms. The molecule has 0 amide bonds. The Hall–Kier alpha value is -0.870. The molecule has 1 aliphatic rings. The van der Waals surface area contributed by atoms with Gasteiger partial charge in [0.25, 0.3) is 0 Å². The highest BCUT2D eigenvalue weighted by Crippen LogP contribution is 2.32. The molecular formula is C13H18O3S. The molecule has 1 fully saturated rings. The van der Waals surface area contributed by atoms with Crippen molar-refractivity contribution in [2.24, 2.45) is 5.92 Å². The van der Waals surface area contributed by atoms with Crippen LogP contribution >= 0.6 is 0 Å². The summed E-state index contributed by atoms with van der Waals surface area (Å²) in [5, 5.41) is 10.3. The Labute approximate surface area is 102 Å². The van der Waals surface area contributed by atoms with Crippen molar-refractivity contribution in [1.29, 1.82) is 0 Å². The number of aliphatic hydroxyl groups excluding tert-OH is 1. The molecule has 1 heterocycles. The van der Waals surface area contributed by atoms with E-state index in [1.54, 1.807) is 0 Å². The van der Waals surface area contributed by atoms with Crippen LogP contribution in [0.15, 0.2) is 18.2 Å². The average Bonchev–Trinajstić information content (AvgIpc) is 2.58. The van der Waals surface area contributed by atoms with Crippen LogP contribution in [0, 0.1) is 19.8 Å². The molecule has 1 saturated heterocycles. The van der Waals surface area contributed by atoms with Crippen LogP contribution in [0.1, 0.15) is 29.2 Å². The number of rotatable bonds is 2. The van der Waals surface area contributed by atoms with Crippen LogP contribution < -0.4 is 0 Å². The number of hydrogen-bond donors (Lipinski definition) is 1. The van der Waals surface area contributed by atoms with E-state index >= 15 is 0 Å². The maximum absolute atomic E-state index is 11.4. The zero-order valence-electron chi connectivity index (χ0n) is 10.2. The quantitative estimate of drug-likeness (QED) is 0.875. The van der Waals surface area contributed by atoms with Crippen molar-refractivity contribution in [3.63, 3.8) is 0 Å². The van der Waals surface area contributed by atoms with Gasteiger partial charge in [0, 0.05) is 5.92 Å². The summed E-state index contributed by atoms with van der Waals surface area (Å²) in [6, 6.07) is 5.87. The summed E-state index contributed by atoms with van der Waals surface area (Å²) in [5.74, 6) is 0.169. The molecule has 94 valence electrons. The molecule has 0 aliphatic carbocycles. The molecule has 1 aliphatic heterocycles. The molecule has 2 unspecified atom stereocenters. The lowest BCUT2D eigenvalue weighted by Crippen LogP contribution is -2.15. The molecule has 0 radical (unpaired) electrons. The Morgan fingerprint density at radius 3 is 2.59 bits per heavy atom. The standard InChI is InChI=1S/C13H18O3S/c1-9-3-4-12(10(2)7-9)13(14)11-5-6-17(15,16)8-11/h3-4,7,11,13-14H,5-6,8H2,1-2H3. The highest BCUT2D eigenvalue weighted by molar-refractivity contribution is 7.91. The van der Waals surface area contributed by atoms with E-state index < -0.39 is 15.9 Å². The molecule has 2 atom stereocenters. The highest BCUT2D eigenvalue weighted by Gasteiger charge is 2.33. The van der Waals surface area contributed by atoms with E-state index in [0.29, 0.717) is 6.42 Å². The number of aliphatic hydroxyl groups is 1. The van der Waals surface area contributed by atoms with Gasteiger partial charge < -0.3 is 5.11 Å². The maximum atomic E-state index is 11.4. The Kier molecular flexibility index (Phi) is 3.27. The first-order chi connectivity index (χ1) is 7.89. The van der Waals surface area contributed by atoms with Crippen molar-refractivity contribution in [2.45, 2.75) is 26.4 Å². The van der Waals surface area contributed by atoms with E-state index in [1.165, 1.54) is 0 Å². The second-order valence-corrected chi connectivity index (χ2v) is 7.20. The Morgan fingerprint density at radius 1 is 1.35 bits per heavy atom. The fourth-order valence-corrected chi connectivity index (χ4v) is 4.31. The lowest BCUT2D eigenvalue weighted by atomic mass is 9.92. The normalized spacial score (nSPS) is 24.8. The maximum Gasteiger partial charge on any atom is 0.150 e. The van der Waals surface area contributed by atoms with Gasteiger partial charge in [-0.2, -0.15) is 0 Å². The third-order valence-electron chi connectivity index (χ3n) is 3.46. The van der Waals surface area contributed by atoms with Crippen LogP contribution in [0.4, 0.5) is 0 Å². The average molecular weight is 254 g/mol. The summed E-state index contributed by atoms with van der Waals surface area (Å²) in [4.78, 5) is 0. The molecule has 0 spiro atoms. The summed E-state index contributed by atoms with van der Waals surface area (Å²) >= 11 is 0. The lowest BCUT2D eigenvalue weighted by Gasteiger charge is -2.19. The molecule has 1 N–H and O–H groups in total. The van der Waals surface area contributed by atoms with Gasteiger partial charge in [0.15, 0.2) is 9.84 Å². The zero-order valence-corrected chi connectivity index (χ0v) is 11.0. The molecule has 3 nitrogen and oxygen atoms in total. The summed E-state index contributed by atoms with van der Waals surface area (Å²) in [6.07, 6.45) is -0.0931. The fourth-order valence-electron chi connectivity index (χ4n) is 2.48. The first-order valence-corrected chi connectivity index (χ1v) is 7.67. The number of aryl methyl sites for hydroxylation is 2. The zero-order chi connectivity index (χ0) is 12.6. The third kappa shape index (κ3) is 2.69. The Bertz CT molecular complexity index is 519. The molecule has 0 saturated carbocycles. The van der Waals surface area contributed by atoms with E-state index in [2.05, 4.69) is 0 Å². The van der Waals surface area contributed by atoms with Crippen molar-refractivity contribution in [3.05, 3.63) is 34.9 Å². The molecule has 1 aromatic rings. The second-order valence-electron chi connectivity index (χ2n) is 4.97. The Morgan fingerprint density at radius 2 is 2.06 bits per heavy atom. The number of benzene rings is 1. The van der Waals surface area contributed by atoms with Crippen molar-refractivity contribution >= 4 is 9.84 Å². The van der Waals surface area contributed by atoms with Gasteiger partial charge in [-0.05, 0) is 31.4 Å². The molecule has 17 heavy (non-hydrogen) atoms. The van der Waals surface area contributed by atoms with Gasteiger partial charge in [0.2, 0.25) is 0 Å². The van der Waals surface area contributed by atoms with E-state index in [-0.39, 0.29) is 17.4 Å². The summed E-state index contributed by atoms with van der Waals surface area (Å²) < 4.78 is 22.8. The summed E-state index contributed by atoms with van der Waals surface area (Å²) in [6.45, 7) is 3.96. The first-order valence-electron chi connectivity index (χ1n) is 5.85.